The van der Waals surface area contributed by atoms with E-state index in [0.29, 0.717) is 6.04 Å². The second-order valence-electron chi connectivity index (χ2n) is 5.64. The fourth-order valence-corrected chi connectivity index (χ4v) is 2.93. The average Bonchev–Trinajstić information content (AvgIpc) is 2.91. The van der Waals surface area contributed by atoms with Crippen LogP contribution in [0.4, 0.5) is 0 Å². The van der Waals surface area contributed by atoms with Crippen molar-refractivity contribution in [3.05, 3.63) is 48.0 Å². The quantitative estimate of drug-likeness (QED) is 0.858. The number of aromatic nitrogens is 2. The number of benzene rings is 1. The molecular weight excluding hydrogens is 262 g/mol. The van der Waals surface area contributed by atoms with Gasteiger partial charge in [0.25, 0.3) is 0 Å². The normalized spacial score (nSPS) is 17.9. The van der Waals surface area contributed by atoms with Crippen LogP contribution in [0.15, 0.2) is 36.9 Å². The second kappa shape index (κ2) is 6.76. The van der Waals surface area contributed by atoms with Crippen molar-refractivity contribution in [3.63, 3.8) is 0 Å². The van der Waals surface area contributed by atoms with E-state index in [2.05, 4.69) is 40.0 Å². The third-order valence-electron chi connectivity index (χ3n) is 4.04. The summed E-state index contributed by atoms with van der Waals surface area (Å²) in [5.41, 5.74) is 2.55. The molecule has 2 heterocycles. The molecule has 0 fully saturated rings. The molecule has 1 aliphatic rings. The summed E-state index contributed by atoms with van der Waals surface area (Å²) in [6.07, 6.45) is 9.06. The lowest BCUT2D eigenvalue weighted by Crippen LogP contribution is -2.23. The first-order valence-corrected chi connectivity index (χ1v) is 7.76. The SMILES string of the molecule is Cc1cccc2c1OCCCC2NCCCn1ccnc1. The summed E-state index contributed by atoms with van der Waals surface area (Å²) in [6, 6.07) is 6.86. The maximum atomic E-state index is 5.92. The first-order valence-electron chi connectivity index (χ1n) is 7.76. The molecule has 2 aromatic rings. The summed E-state index contributed by atoms with van der Waals surface area (Å²) in [4.78, 5) is 4.07. The van der Waals surface area contributed by atoms with E-state index in [-0.39, 0.29) is 0 Å². The number of para-hydroxylation sites is 1. The number of rotatable bonds is 5. The summed E-state index contributed by atoms with van der Waals surface area (Å²) in [5, 5.41) is 3.69. The molecular formula is C17H23N3O. The maximum Gasteiger partial charge on any atom is 0.126 e. The zero-order valence-electron chi connectivity index (χ0n) is 12.6. The van der Waals surface area contributed by atoms with Gasteiger partial charge < -0.3 is 14.6 Å². The molecule has 21 heavy (non-hydrogen) atoms. The minimum Gasteiger partial charge on any atom is -0.493 e. The Hall–Kier alpha value is -1.81. The molecule has 1 unspecified atom stereocenters. The lowest BCUT2D eigenvalue weighted by Gasteiger charge is -2.19. The van der Waals surface area contributed by atoms with E-state index < -0.39 is 0 Å². The number of nitrogens with zero attached hydrogens (tertiary/aromatic N) is 2. The van der Waals surface area contributed by atoms with E-state index >= 15 is 0 Å². The predicted octanol–water partition coefficient (Wildman–Crippen LogP) is 3.09. The minimum absolute atomic E-state index is 0.408. The lowest BCUT2D eigenvalue weighted by atomic mass is 10.00. The number of hydrogen-bond donors (Lipinski definition) is 1. The van der Waals surface area contributed by atoms with Gasteiger partial charge in [-0.1, -0.05) is 18.2 Å². The molecule has 4 nitrogen and oxygen atoms in total. The van der Waals surface area contributed by atoms with Crippen molar-refractivity contribution >= 4 is 0 Å². The molecule has 0 saturated heterocycles. The molecule has 0 saturated carbocycles. The molecule has 0 aliphatic carbocycles. The number of aryl methyl sites for hydroxylation is 2. The van der Waals surface area contributed by atoms with Crippen LogP contribution in [-0.2, 0) is 6.54 Å². The Morgan fingerprint density at radius 3 is 3.24 bits per heavy atom. The number of fused-ring (bicyclic) bond motifs is 1. The molecule has 1 N–H and O–H groups in total. The van der Waals surface area contributed by atoms with Gasteiger partial charge in [-0.3, -0.25) is 0 Å². The third kappa shape index (κ3) is 3.45. The zero-order valence-corrected chi connectivity index (χ0v) is 12.6. The highest BCUT2D eigenvalue weighted by Gasteiger charge is 2.20. The van der Waals surface area contributed by atoms with Crippen molar-refractivity contribution in [2.75, 3.05) is 13.2 Å². The van der Waals surface area contributed by atoms with Crippen LogP contribution in [-0.4, -0.2) is 22.7 Å². The minimum atomic E-state index is 0.408. The Balaban J connectivity index is 1.59. The first kappa shape index (κ1) is 14.1. The highest BCUT2D eigenvalue weighted by atomic mass is 16.5. The van der Waals surface area contributed by atoms with Crippen LogP contribution in [0.1, 0.15) is 36.4 Å². The van der Waals surface area contributed by atoms with Gasteiger partial charge >= 0.3 is 0 Å². The fourth-order valence-electron chi connectivity index (χ4n) is 2.93. The van der Waals surface area contributed by atoms with E-state index in [0.717, 1.165) is 44.7 Å². The Bertz CT molecular complexity index is 565. The van der Waals surface area contributed by atoms with Gasteiger partial charge in [0.2, 0.25) is 0 Å². The van der Waals surface area contributed by atoms with Crippen LogP contribution < -0.4 is 10.1 Å². The molecule has 0 radical (unpaired) electrons. The van der Waals surface area contributed by atoms with Crippen LogP contribution in [0.2, 0.25) is 0 Å². The van der Waals surface area contributed by atoms with Gasteiger partial charge in [-0.25, -0.2) is 4.98 Å². The Morgan fingerprint density at radius 1 is 1.43 bits per heavy atom. The van der Waals surface area contributed by atoms with Gasteiger partial charge in [0, 0.05) is 30.5 Å². The number of hydrogen-bond acceptors (Lipinski definition) is 3. The lowest BCUT2D eigenvalue weighted by molar-refractivity contribution is 0.313. The summed E-state index contributed by atoms with van der Waals surface area (Å²) >= 11 is 0. The van der Waals surface area contributed by atoms with Gasteiger partial charge in [0.15, 0.2) is 0 Å². The van der Waals surface area contributed by atoms with Crippen molar-refractivity contribution in [1.82, 2.24) is 14.9 Å². The predicted molar refractivity (Wildman–Crippen MR) is 83.5 cm³/mol. The monoisotopic (exact) mass is 285 g/mol. The fraction of sp³-hybridized carbons (Fsp3) is 0.471. The molecule has 1 aliphatic heterocycles. The summed E-state index contributed by atoms with van der Waals surface area (Å²) in [5.74, 6) is 1.09. The van der Waals surface area contributed by atoms with Gasteiger partial charge in [-0.2, -0.15) is 0 Å². The van der Waals surface area contributed by atoms with Crippen LogP contribution in [0.3, 0.4) is 0 Å². The van der Waals surface area contributed by atoms with Gasteiger partial charge in [0.05, 0.1) is 12.9 Å². The molecule has 0 amide bonds. The van der Waals surface area contributed by atoms with Crippen molar-refractivity contribution in [2.45, 2.75) is 38.8 Å². The highest BCUT2D eigenvalue weighted by molar-refractivity contribution is 5.43. The number of ether oxygens (including phenoxy) is 1. The molecule has 1 aromatic carbocycles. The van der Waals surface area contributed by atoms with E-state index in [1.54, 1.807) is 0 Å². The summed E-state index contributed by atoms with van der Waals surface area (Å²) < 4.78 is 8.04. The standard InChI is InChI=1S/C17H23N3O/c1-14-5-2-6-15-16(7-3-12-21-17(14)15)19-8-4-10-20-11-9-18-13-20/h2,5-6,9,11,13,16,19H,3-4,7-8,10,12H2,1H3. The molecule has 0 spiro atoms. The maximum absolute atomic E-state index is 5.92. The molecule has 4 heteroatoms. The van der Waals surface area contributed by atoms with Crippen LogP contribution in [0.25, 0.3) is 0 Å². The van der Waals surface area contributed by atoms with Gasteiger partial charge in [-0.15, -0.1) is 0 Å². The molecule has 0 bridgehead atoms. The smallest absolute Gasteiger partial charge is 0.126 e. The van der Waals surface area contributed by atoms with Gasteiger partial charge in [-0.05, 0) is 38.3 Å². The number of nitrogens with one attached hydrogen (secondary N) is 1. The summed E-state index contributed by atoms with van der Waals surface area (Å²) in [7, 11) is 0. The second-order valence-corrected chi connectivity index (χ2v) is 5.64. The van der Waals surface area contributed by atoms with Crippen LogP contribution >= 0.6 is 0 Å². The third-order valence-corrected chi connectivity index (χ3v) is 4.04. The van der Waals surface area contributed by atoms with Crippen LogP contribution in [0.5, 0.6) is 5.75 Å². The van der Waals surface area contributed by atoms with Crippen molar-refractivity contribution in [2.24, 2.45) is 0 Å². The van der Waals surface area contributed by atoms with Gasteiger partial charge in [0.1, 0.15) is 5.75 Å². The van der Waals surface area contributed by atoms with Crippen LogP contribution in [0, 0.1) is 6.92 Å². The zero-order chi connectivity index (χ0) is 14.5. The average molecular weight is 285 g/mol. The molecule has 1 aromatic heterocycles. The molecule has 112 valence electrons. The Morgan fingerprint density at radius 2 is 2.38 bits per heavy atom. The molecule has 1 atom stereocenters. The topological polar surface area (TPSA) is 39.1 Å². The van der Waals surface area contributed by atoms with E-state index in [1.165, 1.54) is 11.1 Å². The largest absolute Gasteiger partial charge is 0.493 e. The van der Waals surface area contributed by atoms with Crippen molar-refractivity contribution in [3.8, 4) is 5.75 Å². The van der Waals surface area contributed by atoms with E-state index in [9.17, 15) is 0 Å². The van der Waals surface area contributed by atoms with Crippen molar-refractivity contribution < 1.29 is 4.74 Å². The first-order chi connectivity index (χ1) is 10.3. The number of imidazole rings is 1. The summed E-state index contributed by atoms with van der Waals surface area (Å²) in [6.45, 7) is 4.97. The Kier molecular flexibility index (Phi) is 4.55. The van der Waals surface area contributed by atoms with Crippen molar-refractivity contribution in [1.29, 1.82) is 0 Å². The van der Waals surface area contributed by atoms with E-state index in [4.69, 9.17) is 4.74 Å². The van der Waals surface area contributed by atoms with E-state index in [1.807, 2.05) is 18.7 Å². The Labute approximate surface area is 126 Å². The highest BCUT2D eigenvalue weighted by Crippen LogP contribution is 2.33. The molecule has 3 rings (SSSR count).